The zero-order valence-corrected chi connectivity index (χ0v) is 12.5. The summed E-state index contributed by atoms with van der Waals surface area (Å²) in [5.74, 6) is 0.545. The van der Waals surface area contributed by atoms with Crippen molar-refractivity contribution < 1.29 is 9.53 Å². The van der Waals surface area contributed by atoms with Crippen molar-refractivity contribution in [3.63, 3.8) is 0 Å². The molecule has 0 aliphatic carbocycles. The highest BCUT2D eigenvalue weighted by Gasteiger charge is 2.15. The maximum absolute atomic E-state index is 12.2. The van der Waals surface area contributed by atoms with Crippen LogP contribution in [0, 0.1) is 11.3 Å². The van der Waals surface area contributed by atoms with Gasteiger partial charge >= 0.3 is 0 Å². The summed E-state index contributed by atoms with van der Waals surface area (Å²) in [6.45, 7) is 0.539. The van der Waals surface area contributed by atoms with E-state index in [0.29, 0.717) is 6.54 Å². The lowest BCUT2D eigenvalue weighted by Crippen LogP contribution is -2.32. The summed E-state index contributed by atoms with van der Waals surface area (Å²) in [5, 5.41) is 8.78. The van der Waals surface area contributed by atoms with Crippen LogP contribution in [0.5, 0.6) is 5.75 Å². The second kappa shape index (κ2) is 7.84. The van der Waals surface area contributed by atoms with Crippen molar-refractivity contribution in [1.82, 2.24) is 0 Å². The van der Waals surface area contributed by atoms with Crippen LogP contribution in [0.1, 0.15) is 12.0 Å². The van der Waals surface area contributed by atoms with E-state index in [9.17, 15) is 4.79 Å². The van der Waals surface area contributed by atoms with Gasteiger partial charge < -0.3 is 9.64 Å². The Morgan fingerprint density at radius 3 is 2.41 bits per heavy atom. The molecule has 2 rings (SSSR count). The predicted octanol–water partition coefficient (Wildman–Crippen LogP) is 3.18. The molecule has 0 aromatic heterocycles. The van der Waals surface area contributed by atoms with E-state index in [2.05, 4.69) is 0 Å². The number of benzene rings is 2. The van der Waals surface area contributed by atoms with Crippen LogP contribution in [0.4, 0.5) is 5.69 Å². The van der Waals surface area contributed by atoms with Crippen LogP contribution in [0.15, 0.2) is 54.6 Å². The lowest BCUT2D eigenvalue weighted by molar-refractivity contribution is -0.117. The van der Waals surface area contributed by atoms with E-state index in [1.54, 1.807) is 12.0 Å². The van der Waals surface area contributed by atoms with Gasteiger partial charge in [0.1, 0.15) is 12.2 Å². The number of hydrogen-bond acceptors (Lipinski definition) is 3. The third-order valence-electron chi connectivity index (χ3n) is 3.38. The number of rotatable bonds is 6. The topological polar surface area (TPSA) is 53.3 Å². The maximum atomic E-state index is 12.2. The molecule has 0 saturated carbocycles. The normalized spacial score (nSPS) is 9.82. The van der Waals surface area contributed by atoms with Crippen LogP contribution in [-0.2, 0) is 11.2 Å². The summed E-state index contributed by atoms with van der Waals surface area (Å²) < 4.78 is 5.13. The van der Waals surface area contributed by atoms with E-state index in [4.69, 9.17) is 10.00 Å². The summed E-state index contributed by atoms with van der Waals surface area (Å²) in [4.78, 5) is 13.8. The fourth-order valence-electron chi connectivity index (χ4n) is 2.21. The van der Waals surface area contributed by atoms with Crippen molar-refractivity contribution in [2.45, 2.75) is 12.8 Å². The minimum atomic E-state index is -0.191. The zero-order chi connectivity index (χ0) is 15.8. The molecule has 0 spiro atoms. The molecule has 0 N–H and O–H groups in total. The zero-order valence-electron chi connectivity index (χ0n) is 12.5. The van der Waals surface area contributed by atoms with Gasteiger partial charge in [0.2, 0.25) is 5.91 Å². The van der Waals surface area contributed by atoms with Crippen LogP contribution in [-0.4, -0.2) is 19.6 Å². The Labute approximate surface area is 130 Å². The quantitative estimate of drug-likeness (QED) is 0.822. The standard InChI is InChI=1S/C18H18N2O2/c1-22-17-9-7-16(8-10-17)20(18(21)11-13-19)14-12-15-5-3-2-4-6-15/h2-10H,11-12,14H2,1H3. The SMILES string of the molecule is COc1ccc(N(CCc2ccccc2)C(=O)CC#N)cc1. The first-order chi connectivity index (χ1) is 10.7. The highest BCUT2D eigenvalue weighted by Crippen LogP contribution is 2.20. The van der Waals surface area contributed by atoms with Crippen molar-refractivity contribution in [3.8, 4) is 11.8 Å². The Morgan fingerprint density at radius 1 is 1.14 bits per heavy atom. The molecule has 0 radical (unpaired) electrons. The largest absolute Gasteiger partial charge is 0.497 e. The average molecular weight is 294 g/mol. The summed E-state index contributed by atoms with van der Waals surface area (Å²) in [7, 11) is 1.60. The smallest absolute Gasteiger partial charge is 0.241 e. The second-order valence-electron chi connectivity index (χ2n) is 4.81. The molecule has 0 unspecified atom stereocenters. The van der Waals surface area contributed by atoms with E-state index in [1.807, 2.05) is 60.7 Å². The third kappa shape index (κ3) is 4.10. The van der Waals surface area contributed by atoms with Crippen molar-refractivity contribution >= 4 is 11.6 Å². The molecule has 1 amide bonds. The van der Waals surface area contributed by atoms with Gasteiger partial charge in [-0.1, -0.05) is 30.3 Å². The van der Waals surface area contributed by atoms with Gasteiger partial charge in [-0.05, 0) is 36.2 Å². The molecule has 4 nitrogen and oxygen atoms in total. The summed E-state index contributed by atoms with van der Waals surface area (Å²) in [6, 6.07) is 19.2. The van der Waals surface area contributed by atoms with Gasteiger partial charge in [0.05, 0.1) is 13.2 Å². The molecular weight excluding hydrogens is 276 g/mol. The predicted molar refractivity (Wildman–Crippen MR) is 85.7 cm³/mol. The van der Waals surface area contributed by atoms with Crippen LogP contribution < -0.4 is 9.64 Å². The Kier molecular flexibility index (Phi) is 5.56. The Hall–Kier alpha value is -2.80. The molecule has 2 aromatic rings. The van der Waals surface area contributed by atoms with E-state index < -0.39 is 0 Å². The number of ether oxygens (including phenoxy) is 1. The Bertz CT molecular complexity index is 645. The van der Waals surface area contributed by atoms with Gasteiger partial charge in [0, 0.05) is 12.2 Å². The van der Waals surface area contributed by atoms with E-state index in [0.717, 1.165) is 23.4 Å². The number of carbonyl (C=O) groups excluding carboxylic acids is 1. The molecule has 4 heteroatoms. The van der Waals surface area contributed by atoms with Gasteiger partial charge in [-0.3, -0.25) is 4.79 Å². The molecule has 0 saturated heterocycles. The molecule has 0 aliphatic heterocycles. The minimum absolute atomic E-state index is 0.124. The van der Waals surface area contributed by atoms with Crippen molar-refractivity contribution in [1.29, 1.82) is 5.26 Å². The molecule has 0 heterocycles. The molecule has 0 atom stereocenters. The van der Waals surface area contributed by atoms with Crippen molar-refractivity contribution in [2.75, 3.05) is 18.6 Å². The minimum Gasteiger partial charge on any atom is -0.497 e. The first-order valence-corrected chi connectivity index (χ1v) is 7.10. The van der Waals surface area contributed by atoms with Gasteiger partial charge in [-0.25, -0.2) is 0 Å². The number of hydrogen-bond donors (Lipinski definition) is 0. The summed E-state index contributed by atoms with van der Waals surface area (Å²) in [5.41, 5.74) is 1.93. The highest BCUT2D eigenvalue weighted by atomic mass is 16.5. The first kappa shape index (κ1) is 15.6. The fraction of sp³-hybridized carbons (Fsp3) is 0.222. The lowest BCUT2D eigenvalue weighted by Gasteiger charge is -2.22. The number of nitrogens with zero attached hydrogens (tertiary/aromatic N) is 2. The second-order valence-corrected chi connectivity index (χ2v) is 4.81. The Balaban J connectivity index is 2.15. The number of amides is 1. The van der Waals surface area contributed by atoms with Crippen LogP contribution in [0.3, 0.4) is 0 Å². The molecule has 112 valence electrons. The van der Waals surface area contributed by atoms with Gasteiger partial charge in [-0.2, -0.15) is 5.26 Å². The average Bonchev–Trinajstić information content (AvgIpc) is 2.57. The molecule has 2 aromatic carbocycles. The monoisotopic (exact) mass is 294 g/mol. The van der Waals surface area contributed by atoms with E-state index in [-0.39, 0.29) is 12.3 Å². The number of methoxy groups -OCH3 is 1. The summed E-state index contributed by atoms with van der Waals surface area (Å²) >= 11 is 0. The molecule has 22 heavy (non-hydrogen) atoms. The number of anilines is 1. The van der Waals surface area contributed by atoms with Crippen molar-refractivity contribution in [3.05, 3.63) is 60.2 Å². The van der Waals surface area contributed by atoms with Crippen molar-refractivity contribution in [2.24, 2.45) is 0 Å². The number of nitriles is 1. The van der Waals surface area contributed by atoms with E-state index in [1.165, 1.54) is 0 Å². The molecule has 0 bridgehead atoms. The van der Waals surface area contributed by atoms with Gasteiger partial charge in [0.25, 0.3) is 0 Å². The highest BCUT2D eigenvalue weighted by molar-refractivity contribution is 5.94. The maximum Gasteiger partial charge on any atom is 0.241 e. The summed E-state index contributed by atoms with van der Waals surface area (Å²) in [6.07, 6.45) is 0.616. The molecule has 0 aliphatic rings. The van der Waals surface area contributed by atoms with Crippen LogP contribution in [0.25, 0.3) is 0 Å². The molecule has 0 fully saturated rings. The third-order valence-corrected chi connectivity index (χ3v) is 3.38. The van der Waals surface area contributed by atoms with Crippen LogP contribution in [0.2, 0.25) is 0 Å². The molecular formula is C18H18N2O2. The van der Waals surface area contributed by atoms with Gasteiger partial charge in [-0.15, -0.1) is 0 Å². The fourth-order valence-corrected chi connectivity index (χ4v) is 2.21. The van der Waals surface area contributed by atoms with E-state index >= 15 is 0 Å². The Morgan fingerprint density at radius 2 is 1.82 bits per heavy atom. The van der Waals surface area contributed by atoms with Gasteiger partial charge in [0.15, 0.2) is 0 Å². The number of carbonyl (C=O) groups is 1. The van der Waals surface area contributed by atoms with Crippen LogP contribution >= 0.6 is 0 Å². The first-order valence-electron chi connectivity index (χ1n) is 7.10. The lowest BCUT2D eigenvalue weighted by atomic mass is 10.1.